The Labute approximate surface area is 172 Å². The van der Waals surface area contributed by atoms with E-state index in [9.17, 15) is 9.18 Å². The molecule has 2 heterocycles. The van der Waals surface area contributed by atoms with Gasteiger partial charge in [-0.25, -0.2) is 19.2 Å². The third-order valence-electron chi connectivity index (χ3n) is 4.77. The lowest BCUT2D eigenvalue weighted by Gasteiger charge is -2.36. The fourth-order valence-electron chi connectivity index (χ4n) is 3.27. The van der Waals surface area contributed by atoms with E-state index >= 15 is 0 Å². The molecular formula is C20H19ClFN5O2. The van der Waals surface area contributed by atoms with E-state index in [1.807, 2.05) is 24.3 Å². The molecule has 1 N–H and O–H groups in total. The van der Waals surface area contributed by atoms with Gasteiger partial charge in [0.1, 0.15) is 5.82 Å². The molecule has 1 saturated heterocycles. The van der Waals surface area contributed by atoms with Gasteiger partial charge in [-0.05, 0) is 24.3 Å². The Morgan fingerprint density at radius 3 is 2.59 bits per heavy atom. The van der Waals surface area contributed by atoms with E-state index in [0.29, 0.717) is 42.2 Å². The molecule has 9 heteroatoms. The highest BCUT2D eigenvalue weighted by atomic mass is 35.5. The Bertz CT molecular complexity index is 1060. The third-order valence-corrected chi connectivity index (χ3v) is 5.09. The standard InChI is InChI=1S/C20H19ClFN5O2/c1-29-19-18(23-16-12-13(22)6-7-15(16)24-19)25-20(28)27-10-8-26(9-11-27)17-5-3-2-4-14(17)21/h2-7,12H,8-11H2,1H3,(H,23,25,28). The van der Waals surface area contributed by atoms with Gasteiger partial charge in [0.05, 0.1) is 28.9 Å². The predicted molar refractivity (Wildman–Crippen MR) is 110 cm³/mol. The quantitative estimate of drug-likeness (QED) is 0.704. The second-order valence-corrected chi connectivity index (χ2v) is 6.98. The zero-order chi connectivity index (χ0) is 20.4. The number of amides is 2. The topological polar surface area (TPSA) is 70.6 Å². The van der Waals surface area contributed by atoms with Crippen LogP contribution in [0.1, 0.15) is 0 Å². The molecule has 1 aromatic heterocycles. The molecule has 0 radical (unpaired) electrons. The first-order chi connectivity index (χ1) is 14.0. The van der Waals surface area contributed by atoms with Crippen LogP contribution >= 0.6 is 11.6 Å². The Morgan fingerprint density at radius 2 is 1.86 bits per heavy atom. The summed E-state index contributed by atoms with van der Waals surface area (Å²) in [5.41, 5.74) is 1.78. The van der Waals surface area contributed by atoms with Crippen LogP contribution < -0.4 is 15.0 Å². The van der Waals surface area contributed by atoms with Gasteiger partial charge in [-0.15, -0.1) is 0 Å². The van der Waals surface area contributed by atoms with Crippen molar-refractivity contribution in [2.45, 2.75) is 0 Å². The van der Waals surface area contributed by atoms with E-state index < -0.39 is 5.82 Å². The number of para-hydroxylation sites is 1. The van der Waals surface area contributed by atoms with Gasteiger partial charge in [-0.3, -0.25) is 5.32 Å². The van der Waals surface area contributed by atoms with E-state index in [-0.39, 0.29) is 17.7 Å². The van der Waals surface area contributed by atoms with E-state index in [1.165, 1.54) is 25.3 Å². The first-order valence-electron chi connectivity index (χ1n) is 9.12. The Morgan fingerprint density at radius 1 is 1.10 bits per heavy atom. The van der Waals surface area contributed by atoms with Gasteiger partial charge in [0.15, 0.2) is 5.82 Å². The molecule has 0 atom stereocenters. The predicted octanol–water partition coefficient (Wildman–Crippen LogP) is 3.79. The summed E-state index contributed by atoms with van der Waals surface area (Å²) in [6.45, 7) is 2.36. The van der Waals surface area contributed by atoms with Gasteiger partial charge in [0.2, 0.25) is 0 Å². The van der Waals surface area contributed by atoms with Crippen molar-refractivity contribution in [1.29, 1.82) is 0 Å². The summed E-state index contributed by atoms with van der Waals surface area (Å²) in [5, 5.41) is 3.42. The number of hydrogen-bond acceptors (Lipinski definition) is 5. The number of halogens is 2. The number of fused-ring (bicyclic) bond motifs is 1. The molecule has 1 aliphatic heterocycles. The Kier molecular flexibility index (Phi) is 5.35. The summed E-state index contributed by atoms with van der Waals surface area (Å²) in [6, 6.07) is 11.4. The molecule has 0 spiro atoms. The molecule has 2 amide bonds. The number of nitrogens with one attached hydrogen (secondary N) is 1. The van der Waals surface area contributed by atoms with Crippen molar-refractivity contribution in [1.82, 2.24) is 14.9 Å². The van der Waals surface area contributed by atoms with Crippen molar-refractivity contribution >= 4 is 40.2 Å². The number of urea groups is 1. The summed E-state index contributed by atoms with van der Waals surface area (Å²) in [7, 11) is 1.44. The van der Waals surface area contributed by atoms with Gasteiger partial charge in [-0.2, -0.15) is 0 Å². The molecule has 7 nitrogen and oxygen atoms in total. The largest absolute Gasteiger partial charge is 0.478 e. The normalized spacial score (nSPS) is 14.2. The first-order valence-corrected chi connectivity index (χ1v) is 9.49. The smallest absolute Gasteiger partial charge is 0.323 e. The number of anilines is 2. The Balaban J connectivity index is 1.47. The third kappa shape index (κ3) is 4.02. The second kappa shape index (κ2) is 8.08. The molecule has 29 heavy (non-hydrogen) atoms. The highest BCUT2D eigenvalue weighted by Crippen LogP contribution is 2.27. The number of carbonyl (C=O) groups is 1. The number of nitrogens with zero attached hydrogens (tertiary/aromatic N) is 4. The fourth-order valence-corrected chi connectivity index (χ4v) is 3.53. The van der Waals surface area contributed by atoms with E-state index in [2.05, 4.69) is 20.2 Å². The van der Waals surface area contributed by atoms with Crippen molar-refractivity contribution in [2.75, 3.05) is 43.5 Å². The van der Waals surface area contributed by atoms with Crippen LogP contribution in [0, 0.1) is 5.82 Å². The maximum atomic E-state index is 13.5. The van der Waals surface area contributed by atoms with Gasteiger partial charge in [0, 0.05) is 32.2 Å². The molecule has 0 aliphatic carbocycles. The molecule has 3 aromatic rings. The number of aromatic nitrogens is 2. The summed E-state index contributed by atoms with van der Waals surface area (Å²) >= 11 is 6.27. The highest BCUT2D eigenvalue weighted by molar-refractivity contribution is 6.33. The van der Waals surface area contributed by atoms with Gasteiger partial charge in [0.25, 0.3) is 5.88 Å². The second-order valence-electron chi connectivity index (χ2n) is 6.57. The number of benzene rings is 2. The lowest BCUT2D eigenvalue weighted by Crippen LogP contribution is -2.50. The van der Waals surface area contributed by atoms with Crippen LogP contribution in [0.5, 0.6) is 5.88 Å². The summed E-state index contributed by atoms with van der Waals surface area (Å²) in [4.78, 5) is 25.1. The lowest BCUT2D eigenvalue weighted by atomic mass is 10.2. The number of rotatable bonds is 3. The van der Waals surface area contributed by atoms with Crippen LogP contribution in [-0.4, -0.2) is 54.2 Å². The zero-order valence-electron chi connectivity index (χ0n) is 15.7. The number of hydrogen-bond donors (Lipinski definition) is 1. The van der Waals surface area contributed by atoms with Crippen molar-refractivity contribution in [3.63, 3.8) is 0 Å². The molecule has 0 unspecified atom stereocenters. The van der Waals surface area contributed by atoms with Crippen molar-refractivity contribution in [2.24, 2.45) is 0 Å². The minimum atomic E-state index is -0.426. The lowest BCUT2D eigenvalue weighted by molar-refractivity contribution is 0.208. The van der Waals surface area contributed by atoms with Crippen LogP contribution in [-0.2, 0) is 0 Å². The molecule has 1 fully saturated rings. The monoisotopic (exact) mass is 415 g/mol. The maximum Gasteiger partial charge on any atom is 0.323 e. The molecule has 4 rings (SSSR count). The molecule has 1 aliphatic rings. The molecular weight excluding hydrogens is 397 g/mol. The molecule has 150 valence electrons. The van der Waals surface area contributed by atoms with Crippen LogP contribution in [0.25, 0.3) is 11.0 Å². The SMILES string of the molecule is COc1nc2ccc(F)cc2nc1NC(=O)N1CCN(c2ccccc2Cl)CC1. The van der Waals surface area contributed by atoms with E-state index in [0.717, 1.165) is 5.69 Å². The van der Waals surface area contributed by atoms with E-state index in [1.54, 1.807) is 4.90 Å². The average molecular weight is 416 g/mol. The minimum absolute atomic E-state index is 0.157. The molecule has 0 saturated carbocycles. The number of ether oxygens (including phenoxy) is 1. The van der Waals surface area contributed by atoms with Crippen molar-refractivity contribution < 1.29 is 13.9 Å². The van der Waals surface area contributed by atoms with Gasteiger partial charge >= 0.3 is 6.03 Å². The van der Waals surface area contributed by atoms with Gasteiger partial charge < -0.3 is 14.5 Å². The van der Waals surface area contributed by atoms with Crippen LogP contribution in [0.4, 0.5) is 20.7 Å². The fraction of sp³-hybridized carbons (Fsp3) is 0.250. The highest BCUT2D eigenvalue weighted by Gasteiger charge is 2.24. The minimum Gasteiger partial charge on any atom is -0.478 e. The first kappa shape index (κ1) is 19.2. The maximum absolute atomic E-state index is 13.5. The van der Waals surface area contributed by atoms with E-state index in [4.69, 9.17) is 16.3 Å². The van der Waals surface area contributed by atoms with Crippen LogP contribution in [0.15, 0.2) is 42.5 Å². The van der Waals surface area contributed by atoms with Gasteiger partial charge in [-0.1, -0.05) is 23.7 Å². The van der Waals surface area contributed by atoms with Crippen molar-refractivity contribution in [3.8, 4) is 5.88 Å². The number of piperazine rings is 1. The van der Waals surface area contributed by atoms with Crippen molar-refractivity contribution in [3.05, 3.63) is 53.3 Å². The average Bonchev–Trinajstić information content (AvgIpc) is 2.73. The van der Waals surface area contributed by atoms with Crippen LogP contribution in [0.3, 0.4) is 0 Å². The number of carbonyl (C=O) groups excluding carboxylic acids is 1. The Hall–Kier alpha value is -3.13. The number of methoxy groups -OCH3 is 1. The van der Waals surface area contributed by atoms with Crippen LogP contribution in [0.2, 0.25) is 5.02 Å². The summed E-state index contributed by atoms with van der Waals surface area (Å²) < 4.78 is 18.7. The zero-order valence-corrected chi connectivity index (χ0v) is 16.5. The molecule has 0 bridgehead atoms. The summed E-state index contributed by atoms with van der Waals surface area (Å²) in [6.07, 6.45) is 0. The summed E-state index contributed by atoms with van der Waals surface area (Å²) in [5.74, 6) is -0.0961. The molecule has 2 aromatic carbocycles.